The van der Waals surface area contributed by atoms with Gasteiger partial charge in [0, 0.05) is 12.1 Å². The Labute approximate surface area is 158 Å². The molecule has 0 fully saturated rings. The van der Waals surface area contributed by atoms with Gasteiger partial charge in [-0.05, 0) is 50.6 Å². The number of carbonyl (C=O) groups is 2. The third-order valence-electron chi connectivity index (χ3n) is 3.58. The molecule has 0 radical (unpaired) electrons. The van der Waals surface area contributed by atoms with Gasteiger partial charge in [-0.2, -0.15) is 0 Å². The Hall–Kier alpha value is -2.53. The zero-order chi connectivity index (χ0) is 18.9. The minimum absolute atomic E-state index is 0.158. The molecule has 26 heavy (non-hydrogen) atoms. The molecule has 1 N–H and O–H groups in total. The normalized spacial score (nSPS) is 10.3. The topological polar surface area (TPSA) is 64.6 Å². The maximum atomic E-state index is 12.0. The number of carbonyl (C=O) groups excluding carboxylic acids is 2. The molecule has 138 valence electrons. The summed E-state index contributed by atoms with van der Waals surface area (Å²) in [5.74, 6) is 0.113. The van der Waals surface area contributed by atoms with Crippen LogP contribution in [-0.4, -0.2) is 25.1 Å². The van der Waals surface area contributed by atoms with E-state index in [-0.39, 0.29) is 23.1 Å². The minimum Gasteiger partial charge on any atom is -0.494 e. The zero-order valence-electron chi connectivity index (χ0n) is 14.9. The summed E-state index contributed by atoms with van der Waals surface area (Å²) >= 11 is 6.00. The van der Waals surface area contributed by atoms with Crippen LogP contribution in [0, 0.1) is 6.92 Å². The number of anilines is 1. The van der Waals surface area contributed by atoms with E-state index in [0.29, 0.717) is 25.1 Å². The first-order chi connectivity index (χ1) is 12.5. The van der Waals surface area contributed by atoms with Gasteiger partial charge in [-0.3, -0.25) is 4.79 Å². The van der Waals surface area contributed by atoms with Crippen LogP contribution in [0.15, 0.2) is 42.5 Å². The Balaban J connectivity index is 1.81. The fourth-order valence-electron chi connectivity index (χ4n) is 2.25. The van der Waals surface area contributed by atoms with Crippen molar-refractivity contribution in [1.29, 1.82) is 0 Å². The van der Waals surface area contributed by atoms with Crippen LogP contribution in [0.25, 0.3) is 0 Å². The second-order valence-corrected chi connectivity index (χ2v) is 6.14. The highest BCUT2D eigenvalue weighted by molar-refractivity contribution is 6.33. The van der Waals surface area contributed by atoms with Crippen LogP contribution < -0.4 is 10.1 Å². The molecular formula is C20H22ClNO4. The lowest BCUT2D eigenvalue weighted by atomic mass is 10.2. The van der Waals surface area contributed by atoms with Crippen LogP contribution in [0.2, 0.25) is 5.02 Å². The van der Waals surface area contributed by atoms with Crippen molar-refractivity contribution >= 4 is 29.2 Å². The number of amides is 1. The van der Waals surface area contributed by atoms with Gasteiger partial charge in [0.05, 0.1) is 23.8 Å². The first-order valence-corrected chi connectivity index (χ1v) is 8.83. The lowest BCUT2D eigenvalue weighted by molar-refractivity contribution is -0.116. The first-order valence-electron chi connectivity index (χ1n) is 8.45. The molecule has 0 atom stereocenters. The van der Waals surface area contributed by atoms with E-state index in [1.165, 1.54) is 11.6 Å². The van der Waals surface area contributed by atoms with E-state index >= 15 is 0 Å². The Kier molecular flexibility index (Phi) is 7.48. The fourth-order valence-corrected chi connectivity index (χ4v) is 2.44. The molecule has 2 aromatic rings. The Bertz CT molecular complexity index is 759. The van der Waals surface area contributed by atoms with Crippen molar-refractivity contribution in [2.45, 2.75) is 26.7 Å². The molecule has 0 aliphatic rings. The van der Waals surface area contributed by atoms with Gasteiger partial charge in [0.25, 0.3) is 0 Å². The lowest BCUT2D eigenvalue weighted by Crippen LogP contribution is -2.14. The van der Waals surface area contributed by atoms with Crippen LogP contribution >= 0.6 is 11.6 Å². The van der Waals surface area contributed by atoms with Crippen LogP contribution in [0.3, 0.4) is 0 Å². The van der Waals surface area contributed by atoms with Gasteiger partial charge in [0.15, 0.2) is 0 Å². The summed E-state index contributed by atoms with van der Waals surface area (Å²) in [6.07, 6.45) is 0.890. The molecule has 0 aromatic heterocycles. The van der Waals surface area contributed by atoms with Crippen molar-refractivity contribution in [3.05, 3.63) is 58.6 Å². The highest BCUT2D eigenvalue weighted by Crippen LogP contribution is 2.22. The standard InChI is InChI=1S/C20H22ClNO4/c1-3-25-20(24)17-13-15(8-11-18(17)21)22-19(23)5-4-12-26-16-9-6-14(2)7-10-16/h6-11,13H,3-5,12H2,1-2H3,(H,22,23). The molecule has 0 unspecified atom stereocenters. The number of ether oxygens (including phenoxy) is 2. The average Bonchev–Trinajstić information content (AvgIpc) is 2.62. The van der Waals surface area contributed by atoms with Gasteiger partial charge in [0.2, 0.25) is 5.91 Å². The molecule has 0 saturated heterocycles. The second kappa shape index (κ2) is 9.82. The molecule has 0 heterocycles. The van der Waals surface area contributed by atoms with E-state index < -0.39 is 5.97 Å². The number of nitrogens with one attached hydrogen (secondary N) is 1. The molecule has 0 aliphatic carbocycles. The lowest BCUT2D eigenvalue weighted by Gasteiger charge is -2.09. The molecule has 2 rings (SSSR count). The zero-order valence-corrected chi connectivity index (χ0v) is 15.6. The van der Waals surface area contributed by atoms with Crippen LogP contribution in [0.1, 0.15) is 35.7 Å². The number of hydrogen-bond donors (Lipinski definition) is 1. The Morgan fingerprint density at radius 1 is 1.12 bits per heavy atom. The first kappa shape index (κ1) is 19.8. The smallest absolute Gasteiger partial charge is 0.339 e. The van der Waals surface area contributed by atoms with Crippen molar-refractivity contribution in [3.63, 3.8) is 0 Å². The summed E-state index contributed by atoms with van der Waals surface area (Å²) in [7, 11) is 0. The molecule has 0 spiro atoms. The van der Waals surface area contributed by atoms with Gasteiger partial charge in [-0.25, -0.2) is 4.79 Å². The predicted molar refractivity (Wildman–Crippen MR) is 102 cm³/mol. The Morgan fingerprint density at radius 2 is 1.85 bits per heavy atom. The number of halogens is 1. The van der Waals surface area contributed by atoms with Gasteiger partial charge in [0.1, 0.15) is 5.75 Å². The average molecular weight is 376 g/mol. The maximum Gasteiger partial charge on any atom is 0.339 e. The molecular weight excluding hydrogens is 354 g/mol. The highest BCUT2D eigenvalue weighted by Gasteiger charge is 2.13. The largest absolute Gasteiger partial charge is 0.494 e. The third kappa shape index (κ3) is 6.08. The van der Waals surface area contributed by atoms with Gasteiger partial charge >= 0.3 is 5.97 Å². The monoisotopic (exact) mass is 375 g/mol. The number of hydrogen-bond acceptors (Lipinski definition) is 4. The number of rotatable bonds is 8. The Morgan fingerprint density at radius 3 is 2.54 bits per heavy atom. The van der Waals surface area contributed by atoms with Crippen molar-refractivity contribution in [2.75, 3.05) is 18.5 Å². The fraction of sp³-hybridized carbons (Fsp3) is 0.300. The minimum atomic E-state index is -0.514. The second-order valence-electron chi connectivity index (χ2n) is 5.73. The van der Waals surface area contributed by atoms with Crippen molar-refractivity contribution in [2.24, 2.45) is 0 Å². The molecule has 1 amide bonds. The van der Waals surface area contributed by atoms with Crippen molar-refractivity contribution in [3.8, 4) is 5.75 Å². The molecule has 0 aliphatic heterocycles. The van der Waals surface area contributed by atoms with Crippen LogP contribution in [-0.2, 0) is 9.53 Å². The summed E-state index contributed by atoms with van der Waals surface area (Å²) in [6.45, 7) is 4.44. The molecule has 6 heteroatoms. The van der Waals surface area contributed by atoms with E-state index in [4.69, 9.17) is 21.1 Å². The van der Waals surface area contributed by atoms with E-state index in [9.17, 15) is 9.59 Å². The van der Waals surface area contributed by atoms with E-state index in [1.54, 1.807) is 19.1 Å². The number of benzene rings is 2. The quantitative estimate of drug-likeness (QED) is 0.540. The summed E-state index contributed by atoms with van der Waals surface area (Å²) in [6, 6.07) is 12.5. The summed E-state index contributed by atoms with van der Waals surface area (Å²) in [4.78, 5) is 23.9. The van der Waals surface area contributed by atoms with E-state index in [1.807, 2.05) is 31.2 Å². The molecule has 5 nitrogen and oxygen atoms in total. The van der Waals surface area contributed by atoms with Crippen molar-refractivity contribution < 1.29 is 19.1 Å². The number of aryl methyl sites for hydroxylation is 1. The van der Waals surface area contributed by atoms with Crippen LogP contribution in [0.4, 0.5) is 5.69 Å². The summed E-state index contributed by atoms with van der Waals surface area (Å²) in [5, 5.41) is 3.04. The SMILES string of the molecule is CCOC(=O)c1cc(NC(=O)CCCOc2ccc(C)cc2)ccc1Cl. The number of esters is 1. The van der Waals surface area contributed by atoms with Gasteiger partial charge in [-0.15, -0.1) is 0 Å². The van der Waals surface area contributed by atoms with Gasteiger partial charge < -0.3 is 14.8 Å². The summed E-state index contributed by atoms with van der Waals surface area (Å²) < 4.78 is 10.5. The van der Waals surface area contributed by atoms with Gasteiger partial charge in [-0.1, -0.05) is 29.3 Å². The molecule has 0 bridgehead atoms. The van der Waals surface area contributed by atoms with Crippen LogP contribution in [0.5, 0.6) is 5.75 Å². The predicted octanol–water partition coefficient (Wildman–Crippen LogP) is 4.62. The van der Waals surface area contributed by atoms with E-state index in [0.717, 1.165) is 5.75 Å². The highest BCUT2D eigenvalue weighted by atomic mass is 35.5. The molecule has 2 aromatic carbocycles. The maximum absolute atomic E-state index is 12.0. The summed E-state index contributed by atoms with van der Waals surface area (Å²) in [5.41, 5.74) is 1.90. The molecule has 0 saturated carbocycles. The van der Waals surface area contributed by atoms with Crippen molar-refractivity contribution in [1.82, 2.24) is 0 Å². The third-order valence-corrected chi connectivity index (χ3v) is 3.91. The van der Waals surface area contributed by atoms with E-state index in [2.05, 4.69) is 5.32 Å².